The van der Waals surface area contributed by atoms with Crippen molar-refractivity contribution in [2.24, 2.45) is 0 Å². The van der Waals surface area contributed by atoms with Crippen LogP contribution in [-0.2, 0) is 16.8 Å². The van der Waals surface area contributed by atoms with Crippen LogP contribution in [0.1, 0.15) is 37.5 Å². The highest BCUT2D eigenvalue weighted by molar-refractivity contribution is 14.1. The summed E-state index contributed by atoms with van der Waals surface area (Å²) in [4.78, 5) is 19.0. The first kappa shape index (κ1) is 27.2. The summed E-state index contributed by atoms with van der Waals surface area (Å²) in [5.74, 6) is 0. The molecule has 2 heterocycles. The highest BCUT2D eigenvalue weighted by Gasteiger charge is 2.25. The highest BCUT2D eigenvalue weighted by Crippen LogP contribution is 2.42. The third-order valence-corrected chi connectivity index (χ3v) is 8.55. The van der Waals surface area contributed by atoms with E-state index in [1.807, 2.05) is 48.5 Å². The average molecular weight is 651 g/mol. The molecule has 4 nitrogen and oxygen atoms in total. The van der Waals surface area contributed by atoms with Crippen molar-refractivity contribution in [2.75, 3.05) is 0 Å². The van der Waals surface area contributed by atoms with Crippen LogP contribution in [0, 0.1) is 10.5 Å². The van der Waals surface area contributed by atoms with Gasteiger partial charge in [-0.1, -0.05) is 123 Å². The Balaban J connectivity index is 1.61. The molecule has 0 unspecified atom stereocenters. The molecule has 0 aliphatic heterocycles. The molecule has 0 saturated carbocycles. The van der Waals surface area contributed by atoms with Gasteiger partial charge in [-0.3, -0.25) is 0 Å². The minimum atomic E-state index is -0.447. The fraction of sp³-hybridized carbons (Fsp3) is 0.167. The minimum Gasteiger partial charge on any atom is -0.444 e. The lowest BCUT2D eigenvalue weighted by atomic mass is 9.86. The first-order valence-electron chi connectivity index (χ1n) is 13.7. The number of hydrogen-bond donors (Lipinski definition) is 0. The predicted octanol–water partition coefficient (Wildman–Crippen LogP) is 9.92. The molecule has 0 spiro atoms. The molecule has 4 aromatic carbocycles. The summed E-state index contributed by atoms with van der Waals surface area (Å²) in [7, 11) is 0. The third kappa shape index (κ3) is 5.15. The lowest BCUT2D eigenvalue weighted by molar-refractivity contribution is 0.143. The summed E-state index contributed by atoms with van der Waals surface area (Å²) in [6, 6.07) is 34.9. The van der Waals surface area contributed by atoms with Crippen LogP contribution in [0.2, 0.25) is 0 Å². The molecule has 0 amide bonds. The zero-order chi connectivity index (χ0) is 28.7. The number of para-hydroxylation sites is 1. The van der Waals surface area contributed by atoms with Crippen molar-refractivity contribution in [3.63, 3.8) is 0 Å². The van der Waals surface area contributed by atoms with Crippen LogP contribution in [0.25, 0.3) is 44.3 Å². The van der Waals surface area contributed by atoms with Crippen LogP contribution in [0.15, 0.2) is 103 Å². The molecule has 5 heteroatoms. The second-order valence-corrected chi connectivity index (χ2v) is 12.5. The molecular formula is C36H31IN2O2. The van der Waals surface area contributed by atoms with E-state index in [-0.39, 0.29) is 12.0 Å². The smallest absolute Gasteiger partial charge is 0.420 e. The molecule has 0 saturated heterocycles. The zero-order valence-corrected chi connectivity index (χ0v) is 25.8. The Morgan fingerprint density at radius 2 is 1.46 bits per heavy atom. The van der Waals surface area contributed by atoms with E-state index in [0.29, 0.717) is 5.65 Å². The molecule has 2 aromatic heterocycles. The van der Waals surface area contributed by atoms with Gasteiger partial charge in [0.25, 0.3) is 0 Å². The molecule has 0 fully saturated rings. The van der Waals surface area contributed by atoms with E-state index in [1.165, 1.54) is 11.1 Å². The summed E-state index contributed by atoms with van der Waals surface area (Å²) in [5.41, 5.74) is 8.80. The topological polar surface area (TPSA) is 44.1 Å². The summed E-state index contributed by atoms with van der Waals surface area (Å²) >= 11 is 2.43. The number of nitrogens with zero attached hydrogens (tertiary/aromatic N) is 2. The van der Waals surface area contributed by atoms with Gasteiger partial charge in [0.1, 0.15) is 6.61 Å². The Bertz CT molecular complexity index is 1880. The number of rotatable bonds is 4. The molecule has 6 aromatic rings. The Labute approximate surface area is 254 Å². The lowest BCUT2D eigenvalue weighted by Crippen LogP contribution is -2.14. The third-order valence-electron chi connectivity index (χ3n) is 7.50. The molecule has 0 aliphatic carbocycles. The SMILES string of the molecule is Cc1ccc(-c2c(I)c(-c3ccc(C(C)(C)C)cc3)nc3c2c2ccccc2n3C(=O)OCc2ccccc2)cc1. The number of hydrogen-bond acceptors (Lipinski definition) is 3. The van der Waals surface area contributed by atoms with Gasteiger partial charge >= 0.3 is 6.09 Å². The van der Waals surface area contributed by atoms with Gasteiger partial charge in [0.05, 0.1) is 11.2 Å². The number of aromatic nitrogens is 2. The van der Waals surface area contributed by atoms with Crippen molar-refractivity contribution in [3.8, 4) is 22.4 Å². The maximum Gasteiger partial charge on any atom is 0.420 e. The van der Waals surface area contributed by atoms with Gasteiger partial charge in [0.2, 0.25) is 0 Å². The predicted molar refractivity (Wildman–Crippen MR) is 176 cm³/mol. The van der Waals surface area contributed by atoms with Gasteiger partial charge in [-0.25, -0.2) is 14.3 Å². The van der Waals surface area contributed by atoms with Crippen LogP contribution < -0.4 is 0 Å². The van der Waals surface area contributed by atoms with Crippen molar-refractivity contribution < 1.29 is 9.53 Å². The molecule has 0 aliphatic rings. The molecule has 6 rings (SSSR count). The maximum absolute atomic E-state index is 13.8. The number of pyridine rings is 1. The van der Waals surface area contributed by atoms with Crippen molar-refractivity contribution >= 4 is 50.6 Å². The number of ether oxygens (including phenoxy) is 1. The molecular weight excluding hydrogens is 619 g/mol. The standard InChI is InChI=1S/C36H31IN2O2/c1-23-14-16-25(17-15-23)30-31-28-12-8-9-13-29(28)39(35(40)41-22-24-10-6-5-7-11-24)34(31)38-33(32(30)37)26-18-20-27(21-19-26)36(2,3)4/h5-21H,22H2,1-4H3. The van der Waals surface area contributed by atoms with Crippen molar-refractivity contribution in [1.29, 1.82) is 0 Å². The monoisotopic (exact) mass is 650 g/mol. The van der Waals surface area contributed by atoms with Gasteiger partial charge in [-0.15, -0.1) is 0 Å². The largest absolute Gasteiger partial charge is 0.444 e. The van der Waals surface area contributed by atoms with E-state index < -0.39 is 6.09 Å². The van der Waals surface area contributed by atoms with Gasteiger partial charge < -0.3 is 4.74 Å². The van der Waals surface area contributed by atoms with E-state index in [0.717, 1.165) is 47.8 Å². The Morgan fingerprint density at radius 1 is 0.829 bits per heavy atom. The first-order valence-corrected chi connectivity index (χ1v) is 14.8. The van der Waals surface area contributed by atoms with Crippen LogP contribution >= 0.6 is 22.6 Å². The molecule has 41 heavy (non-hydrogen) atoms. The second-order valence-electron chi connectivity index (χ2n) is 11.4. The number of halogens is 1. The zero-order valence-electron chi connectivity index (χ0n) is 23.6. The Hall–Kier alpha value is -3.97. The molecule has 0 bridgehead atoms. The number of aryl methyl sites for hydroxylation is 1. The maximum atomic E-state index is 13.8. The van der Waals surface area contributed by atoms with Crippen molar-refractivity contribution in [3.05, 3.63) is 123 Å². The van der Waals surface area contributed by atoms with E-state index in [2.05, 4.69) is 105 Å². The lowest BCUT2D eigenvalue weighted by Gasteiger charge is -2.19. The average Bonchev–Trinajstić information content (AvgIpc) is 3.30. The Morgan fingerprint density at radius 3 is 2.15 bits per heavy atom. The first-order chi connectivity index (χ1) is 19.7. The van der Waals surface area contributed by atoms with E-state index in [9.17, 15) is 4.79 Å². The van der Waals surface area contributed by atoms with Gasteiger partial charge in [-0.2, -0.15) is 0 Å². The van der Waals surface area contributed by atoms with Crippen molar-refractivity contribution in [2.45, 2.75) is 39.7 Å². The number of carbonyl (C=O) groups excluding carboxylic acids is 1. The van der Waals surface area contributed by atoms with Crippen LogP contribution in [0.5, 0.6) is 0 Å². The fourth-order valence-corrected chi connectivity index (χ4v) is 6.25. The normalized spacial score (nSPS) is 11.7. The van der Waals surface area contributed by atoms with E-state index in [1.54, 1.807) is 4.57 Å². The Kier molecular flexibility index (Phi) is 7.16. The summed E-state index contributed by atoms with van der Waals surface area (Å²) < 4.78 is 8.54. The molecule has 0 radical (unpaired) electrons. The summed E-state index contributed by atoms with van der Waals surface area (Å²) in [6.45, 7) is 8.92. The van der Waals surface area contributed by atoms with E-state index in [4.69, 9.17) is 9.72 Å². The summed E-state index contributed by atoms with van der Waals surface area (Å²) in [5, 5.41) is 1.91. The van der Waals surface area contributed by atoms with Crippen LogP contribution in [-0.4, -0.2) is 15.6 Å². The quantitative estimate of drug-likeness (QED) is 0.179. The van der Waals surface area contributed by atoms with Gasteiger partial charge in [-0.05, 0) is 57.7 Å². The van der Waals surface area contributed by atoms with E-state index >= 15 is 0 Å². The van der Waals surface area contributed by atoms with Gasteiger partial charge in [0, 0.05) is 25.5 Å². The number of benzene rings is 4. The number of carbonyl (C=O) groups is 1. The summed E-state index contributed by atoms with van der Waals surface area (Å²) in [6.07, 6.45) is -0.447. The highest BCUT2D eigenvalue weighted by atomic mass is 127. The second kappa shape index (κ2) is 10.8. The van der Waals surface area contributed by atoms with Crippen molar-refractivity contribution in [1.82, 2.24) is 9.55 Å². The van der Waals surface area contributed by atoms with Crippen LogP contribution in [0.3, 0.4) is 0 Å². The molecule has 0 N–H and O–H groups in total. The minimum absolute atomic E-state index is 0.0467. The van der Waals surface area contributed by atoms with Gasteiger partial charge in [0.15, 0.2) is 5.65 Å². The molecule has 0 atom stereocenters. The molecule has 204 valence electrons. The number of fused-ring (bicyclic) bond motifs is 3. The fourth-order valence-electron chi connectivity index (χ4n) is 5.24. The van der Waals surface area contributed by atoms with Crippen LogP contribution in [0.4, 0.5) is 4.79 Å².